The van der Waals surface area contributed by atoms with Gasteiger partial charge in [-0.15, -0.1) is 11.6 Å². The first-order valence-corrected chi connectivity index (χ1v) is 5.61. The van der Waals surface area contributed by atoms with Crippen molar-refractivity contribution in [2.24, 2.45) is 7.05 Å². The maximum atomic E-state index is 11.8. The number of halogens is 1. The predicted octanol–water partition coefficient (Wildman–Crippen LogP) is 0.988. The molecule has 0 aromatic carbocycles. The average molecular weight is 228 g/mol. The number of nitrogens with zero attached hydrogens (tertiary/aromatic N) is 3. The van der Waals surface area contributed by atoms with Gasteiger partial charge in [0.05, 0.1) is 0 Å². The molecule has 1 aliphatic heterocycles. The van der Waals surface area contributed by atoms with Crippen molar-refractivity contribution >= 4 is 17.4 Å². The van der Waals surface area contributed by atoms with Crippen molar-refractivity contribution in [2.45, 2.75) is 18.9 Å². The van der Waals surface area contributed by atoms with Crippen LogP contribution in [0.4, 0.5) is 5.82 Å². The molecule has 1 aromatic rings. The van der Waals surface area contributed by atoms with Crippen molar-refractivity contribution in [3.63, 3.8) is 0 Å². The zero-order chi connectivity index (χ0) is 10.8. The summed E-state index contributed by atoms with van der Waals surface area (Å²) < 4.78 is 1.55. The zero-order valence-corrected chi connectivity index (χ0v) is 9.44. The van der Waals surface area contributed by atoms with Crippen molar-refractivity contribution in [3.8, 4) is 0 Å². The Morgan fingerprint density at radius 3 is 3.20 bits per heavy atom. The van der Waals surface area contributed by atoms with Crippen molar-refractivity contribution in [3.05, 3.63) is 22.7 Å². The van der Waals surface area contributed by atoms with E-state index in [4.69, 9.17) is 11.6 Å². The quantitative estimate of drug-likeness (QED) is 0.708. The molecule has 1 aliphatic rings. The maximum Gasteiger partial charge on any atom is 0.293 e. The Balaban J connectivity index is 2.37. The molecule has 1 fully saturated rings. The number of rotatable bonds is 2. The SMILES string of the molecule is Cn1ccnc(N2CCCC2CCl)c1=O. The highest BCUT2D eigenvalue weighted by molar-refractivity contribution is 6.18. The fourth-order valence-electron chi connectivity index (χ4n) is 1.96. The van der Waals surface area contributed by atoms with Gasteiger partial charge in [0.25, 0.3) is 5.56 Å². The first-order chi connectivity index (χ1) is 7.24. The summed E-state index contributed by atoms with van der Waals surface area (Å²) in [6.07, 6.45) is 5.44. The molecule has 0 aliphatic carbocycles. The molecule has 1 saturated heterocycles. The Bertz CT molecular complexity index is 404. The number of alkyl halides is 1. The van der Waals surface area contributed by atoms with E-state index in [1.807, 2.05) is 4.90 Å². The molecule has 2 rings (SSSR count). The molecule has 0 radical (unpaired) electrons. The van der Waals surface area contributed by atoms with Gasteiger partial charge in [0, 0.05) is 37.9 Å². The van der Waals surface area contributed by atoms with E-state index in [-0.39, 0.29) is 11.6 Å². The molecule has 1 atom stereocenters. The average Bonchev–Trinajstić information content (AvgIpc) is 2.70. The lowest BCUT2D eigenvalue weighted by Crippen LogP contribution is -2.37. The van der Waals surface area contributed by atoms with Crippen molar-refractivity contribution in [1.82, 2.24) is 9.55 Å². The maximum absolute atomic E-state index is 11.8. The Morgan fingerprint density at radius 2 is 2.47 bits per heavy atom. The lowest BCUT2D eigenvalue weighted by molar-refractivity contribution is 0.717. The molecular weight excluding hydrogens is 214 g/mol. The molecule has 0 saturated carbocycles. The van der Waals surface area contributed by atoms with Gasteiger partial charge < -0.3 is 9.47 Å². The molecule has 0 amide bonds. The monoisotopic (exact) mass is 227 g/mol. The fourth-order valence-corrected chi connectivity index (χ4v) is 2.28. The summed E-state index contributed by atoms with van der Waals surface area (Å²) in [7, 11) is 1.74. The molecule has 0 spiro atoms. The van der Waals surface area contributed by atoms with Gasteiger partial charge in [0.2, 0.25) is 0 Å². The van der Waals surface area contributed by atoms with Gasteiger partial charge in [-0.1, -0.05) is 0 Å². The molecule has 4 nitrogen and oxygen atoms in total. The van der Waals surface area contributed by atoms with E-state index in [2.05, 4.69) is 4.98 Å². The highest BCUT2D eigenvalue weighted by Gasteiger charge is 2.26. The second kappa shape index (κ2) is 4.23. The lowest BCUT2D eigenvalue weighted by Gasteiger charge is -2.23. The first kappa shape index (κ1) is 10.5. The summed E-state index contributed by atoms with van der Waals surface area (Å²) in [5, 5.41) is 0. The second-order valence-corrected chi connectivity index (χ2v) is 4.12. The third kappa shape index (κ3) is 1.86. The van der Waals surface area contributed by atoms with Crippen LogP contribution in [0.15, 0.2) is 17.2 Å². The number of aryl methyl sites for hydroxylation is 1. The standard InChI is InChI=1S/C10H14ClN3O/c1-13-6-4-12-9(10(13)15)14-5-2-3-8(14)7-11/h4,6,8H,2-3,5,7H2,1H3. The largest absolute Gasteiger partial charge is 0.348 e. The molecule has 15 heavy (non-hydrogen) atoms. The minimum absolute atomic E-state index is 0.0467. The Hall–Kier alpha value is -1.03. The van der Waals surface area contributed by atoms with Crippen LogP contribution >= 0.6 is 11.6 Å². The van der Waals surface area contributed by atoms with Gasteiger partial charge in [0.15, 0.2) is 5.82 Å². The van der Waals surface area contributed by atoms with Gasteiger partial charge in [-0.2, -0.15) is 0 Å². The van der Waals surface area contributed by atoms with E-state index in [1.54, 1.807) is 24.0 Å². The lowest BCUT2D eigenvalue weighted by atomic mass is 10.2. The van der Waals surface area contributed by atoms with Crippen molar-refractivity contribution < 1.29 is 0 Å². The zero-order valence-electron chi connectivity index (χ0n) is 8.69. The number of aromatic nitrogens is 2. The van der Waals surface area contributed by atoms with Crippen LogP contribution in [0.5, 0.6) is 0 Å². The van der Waals surface area contributed by atoms with Gasteiger partial charge in [-0.25, -0.2) is 4.98 Å². The van der Waals surface area contributed by atoms with Crippen LogP contribution in [0.3, 0.4) is 0 Å². The van der Waals surface area contributed by atoms with Crippen LogP contribution in [-0.4, -0.2) is 28.0 Å². The molecule has 2 heterocycles. The van der Waals surface area contributed by atoms with Crippen LogP contribution in [0.25, 0.3) is 0 Å². The van der Waals surface area contributed by atoms with Crippen LogP contribution < -0.4 is 10.5 Å². The van der Waals surface area contributed by atoms with E-state index in [1.165, 1.54) is 0 Å². The number of anilines is 1. The highest BCUT2D eigenvalue weighted by atomic mass is 35.5. The molecular formula is C10H14ClN3O. The van der Waals surface area contributed by atoms with Crippen molar-refractivity contribution in [1.29, 1.82) is 0 Å². The summed E-state index contributed by atoms with van der Waals surface area (Å²) in [5.74, 6) is 1.09. The van der Waals surface area contributed by atoms with Gasteiger partial charge in [0.1, 0.15) is 0 Å². The number of hydrogen-bond donors (Lipinski definition) is 0. The Labute approximate surface area is 93.5 Å². The highest BCUT2D eigenvalue weighted by Crippen LogP contribution is 2.21. The summed E-state index contributed by atoms with van der Waals surface area (Å²) in [6.45, 7) is 0.879. The third-order valence-corrected chi connectivity index (χ3v) is 3.18. The fraction of sp³-hybridized carbons (Fsp3) is 0.600. The molecule has 82 valence electrons. The van der Waals surface area contributed by atoms with Crippen LogP contribution in [0.2, 0.25) is 0 Å². The van der Waals surface area contributed by atoms with Gasteiger partial charge >= 0.3 is 0 Å². The predicted molar refractivity (Wildman–Crippen MR) is 60.6 cm³/mol. The second-order valence-electron chi connectivity index (χ2n) is 3.81. The minimum Gasteiger partial charge on any atom is -0.348 e. The summed E-state index contributed by atoms with van der Waals surface area (Å²) in [4.78, 5) is 18.0. The van der Waals surface area contributed by atoms with Crippen LogP contribution in [0, 0.1) is 0 Å². The van der Waals surface area contributed by atoms with Crippen LogP contribution in [-0.2, 0) is 7.05 Å². The smallest absolute Gasteiger partial charge is 0.293 e. The normalized spacial score (nSPS) is 20.9. The molecule has 0 N–H and O–H groups in total. The van der Waals surface area contributed by atoms with Crippen LogP contribution in [0.1, 0.15) is 12.8 Å². The molecule has 0 bridgehead atoms. The summed E-state index contributed by atoms with van der Waals surface area (Å²) in [6, 6.07) is 0.259. The molecule has 1 unspecified atom stereocenters. The van der Waals surface area contributed by atoms with E-state index in [9.17, 15) is 4.79 Å². The third-order valence-electron chi connectivity index (χ3n) is 2.83. The molecule has 5 heteroatoms. The summed E-state index contributed by atoms with van der Waals surface area (Å²) in [5.41, 5.74) is -0.0467. The van der Waals surface area contributed by atoms with E-state index < -0.39 is 0 Å². The Kier molecular flexibility index (Phi) is 2.95. The van der Waals surface area contributed by atoms with Crippen molar-refractivity contribution in [2.75, 3.05) is 17.3 Å². The topological polar surface area (TPSA) is 38.1 Å². The number of hydrogen-bond acceptors (Lipinski definition) is 3. The molecule has 1 aromatic heterocycles. The minimum atomic E-state index is -0.0467. The van der Waals surface area contributed by atoms with E-state index in [0.29, 0.717) is 11.7 Å². The summed E-state index contributed by atoms with van der Waals surface area (Å²) >= 11 is 5.87. The van der Waals surface area contributed by atoms with E-state index in [0.717, 1.165) is 19.4 Å². The van der Waals surface area contributed by atoms with E-state index >= 15 is 0 Å². The van der Waals surface area contributed by atoms with Gasteiger partial charge in [-0.05, 0) is 12.8 Å². The first-order valence-electron chi connectivity index (χ1n) is 5.08. The Morgan fingerprint density at radius 1 is 1.67 bits per heavy atom. The van der Waals surface area contributed by atoms with Gasteiger partial charge in [-0.3, -0.25) is 4.79 Å².